The molecule has 2 amide bonds. The smallest absolute Gasteiger partial charge is 0.317 e. The van der Waals surface area contributed by atoms with Gasteiger partial charge < -0.3 is 15.1 Å². The molecule has 0 atom stereocenters. The summed E-state index contributed by atoms with van der Waals surface area (Å²) in [5.41, 5.74) is 2.05. The Bertz CT molecular complexity index is 886. The van der Waals surface area contributed by atoms with Gasteiger partial charge >= 0.3 is 6.03 Å². The maximum absolute atomic E-state index is 12.4. The number of benzene rings is 2. The van der Waals surface area contributed by atoms with Crippen LogP contribution in [0.3, 0.4) is 0 Å². The third-order valence-corrected chi connectivity index (χ3v) is 4.67. The molecule has 1 fully saturated rings. The number of fused-ring (bicyclic) bond motifs is 1. The van der Waals surface area contributed by atoms with Gasteiger partial charge in [-0.3, -0.25) is 0 Å². The van der Waals surface area contributed by atoms with Crippen molar-refractivity contribution in [1.29, 1.82) is 0 Å². The average molecular weight is 347 g/mol. The summed E-state index contributed by atoms with van der Waals surface area (Å²) >= 11 is 0. The summed E-state index contributed by atoms with van der Waals surface area (Å²) in [5.74, 6) is 0.944. The van der Waals surface area contributed by atoms with Crippen molar-refractivity contribution >= 4 is 22.8 Å². The van der Waals surface area contributed by atoms with Gasteiger partial charge in [0.2, 0.25) is 0 Å². The van der Waals surface area contributed by atoms with E-state index in [1.54, 1.807) is 6.33 Å². The van der Waals surface area contributed by atoms with Gasteiger partial charge in [-0.05, 0) is 17.7 Å². The highest BCUT2D eigenvalue weighted by Gasteiger charge is 2.22. The topological polar surface area (TPSA) is 61.4 Å². The number of para-hydroxylation sites is 1. The summed E-state index contributed by atoms with van der Waals surface area (Å²) in [7, 11) is 0. The van der Waals surface area contributed by atoms with Crippen molar-refractivity contribution in [2.24, 2.45) is 0 Å². The number of carbonyl (C=O) groups excluding carboxylic acids is 1. The maximum Gasteiger partial charge on any atom is 0.317 e. The molecule has 26 heavy (non-hydrogen) atoms. The van der Waals surface area contributed by atoms with Gasteiger partial charge in [0.05, 0.1) is 5.52 Å². The number of aromatic nitrogens is 2. The Morgan fingerprint density at radius 1 is 0.923 bits per heavy atom. The molecule has 1 aliphatic rings. The lowest BCUT2D eigenvalue weighted by molar-refractivity contribution is 0.194. The number of urea groups is 1. The van der Waals surface area contributed by atoms with E-state index in [4.69, 9.17) is 0 Å². The van der Waals surface area contributed by atoms with Crippen LogP contribution in [0.15, 0.2) is 60.9 Å². The Balaban J connectivity index is 1.37. The SMILES string of the molecule is O=C(NCc1ccccc1)N1CCN(c2ncnc3ccccc23)CC1. The van der Waals surface area contributed by atoms with Crippen molar-refractivity contribution in [2.75, 3.05) is 31.1 Å². The van der Waals surface area contributed by atoms with E-state index in [0.29, 0.717) is 19.6 Å². The standard InChI is InChI=1S/C20H21N5O/c26-20(21-14-16-6-2-1-3-7-16)25-12-10-24(11-13-25)19-17-8-4-5-9-18(17)22-15-23-19/h1-9,15H,10-14H2,(H,21,26). The normalized spacial score (nSPS) is 14.5. The first-order valence-corrected chi connectivity index (χ1v) is 8.83. The third-order valence-electron chi connectivity index (χ3n) is 4.67. The highest BCUT2D eigenvalue weighted by Crippen LogP contribution is 2.23. The molecule has 1 N–H and O–H groups in total. The molecule has 6 nitrogen and oxygen atoms in total. The van der Waals surface area contributed by atoms with Crippen LogP contribution in [0, 0.1) is 0 Å². The minimum atomic E-state index is -0.0129. The molecule has 0 aliphatic carbocycles. The minimum Gasteiger partial charge on any atom is -0.352 e. The van der Waals surface area contributed by atoms with Gasteiger partial charge in [0, 0.05) is 38.1 Å². The first-order valence-electron chi connectivity index (χ1n) is 8.83. The average Bonchev–Trinajstić information content (AvgIpc) is 2.72. The fourth-order valence-electron chi connectivity index (χ4n) is 3.25. The summed E-state index contributed by atoms with van der Waals surface area (Å²) in [5, 5.41) is 4.05. The second-order valence-electron chi connectivity index (χ2n) is 6.33. The number of anilines is 1. The van der Waals surface area contributed by atoms with Crippen LogP contribution in [0.2, 0.25) is 0 Å². The van der Waals surface area contributed by atoms with Crippen LogP contribution >= 0.6 is 0 Å². The Labute approximate surface area is 152 Å². The first-order chi connectivity index (χ1) is 12.8. The molecule has 1 saturated heterocycles. The van der Waals surface area contributed by atoms with Crippen molar-refractivity contribution in [2.45, 2.75) is 6.54 Å². The van der Waals surface area contributed by atoms with Crippen molar-refractivity contribution in [3.8, 4) is 0 Å². The fourth-order valence-corrected chi connectivity index (χ4v) is 3.25. The van der Waals surface area contributed by atoms with E-state index in [1.807, 2.05) is 59.5 Å². The second kappa shape index (κ2) is 7.39. The largest absolute Gasteiger partial charge is 0.352 e. The Morgan fingerprint density at radius 2 is 1.65 bits per heavy atom. The Kier molecular flexibility index (Phi) is 4.64. The van der Waals surface area contributed by atoms with Crippen molar-refractivity contribution in [3.05, 3.63) is 66.5 Å². The summed E-state index contributed by atoms with van der Waals surface area (Å²) in [6, 6.07) is 18.0. The van der Waals surface area contributed by atoms with Crippen molar-refractivity contribution in [3.63, 3.8) is 0 Å². The molecule has 0 saturated carbocycles. The predicted octanol–water partition coefficient (Wildman–Crippen LogP) is 2.66. The number of hydrogen-bond acceptors (Lipinski definition) is 4. The van der Waals surface area contributed by atoms with Crippen LogP contribution in [0.25, 0.3) is 10.9 Å². The van der Waals surface area contributed by atoms with E-state index in [0.717, 1.165) is 35.4 Å². The van der Waals surface area contributed by atoms with Crippen LogP contribution in [-0.4, -0.2) is 47.1 Å². The zero-order valence-electron chi connectivity index (χ0n) is 14.5. The van der Waals surface area contributed by atoms with Gasteiger partial charge in [0.15, 0.2) is 0 Å². The van der Waals surface area contributed by atoms with E-state index in [2.05, 4.69) is 20.2 Å². The van der Waals surface area contributed by atoms with Crippen molar-refractivity contribution < 1.29 is 4.79 Å². The minimum absolute atomic E-state index is 0.0129. The molecule has 1 aliphatic heterocycles. The van der Waals surface area contributed by atoms with Crippen LogP contribution in [-0.2, 0) is 6.54 Å². The lowest BCUT2D eigenvalue weighted by atomic mass is 10.2. The summed E-state index contributed by atoms with van der Waals surface area (Å²) < 4.78 is 0. The zero-order valence-corrected chi connectivity index (χ0v) is 14.5. The molecule has 4 rings (SSSR count). The number of hydrogen-bond donors (Lipinski definition) is 1. The van der Waals surface area contributed by atoms with Crippen LogP contribution in [0.1, 0.15) is 5.56 Å². The molecule has 0 unspecified atom stereocenters. The summed E-state index contributed by atoms with van der Waals surface area (Å²) in [6.45, 7) is 3.44. The molecule has 2 aromatic carbocycles. The highest BCUT2D eigenvalue weighted by atomic mass is 16.2. The molecule has 6 heteroatoms. The van der Waals surface area contributed by atoms with Gasteiger partial charge in [-0.2, -0.15) is 0 Å². The van der Waals surface area contributed by atoms with Crippen LogP contribution < -0.4 is 10.2 Å². The number of amides is 2. The number of carbonyl (C=O) groups is 1. The lowest BCUT2D eigenvalue weighted by Crippen LogP contribution is -2.52. The monoisotopic (exact) mass is 347 g/mol. The van der Waals surface area contributed by atoms with Gasteiger partial charge in [0.25, 0.3) is 0 Å². The molecule has 3 aromatic rings. The van der Waals surface area contributed by atoms with Crippen molar-refractivity contribution in [1.82, 2.24) is 20.2 Å². The van der Waals surface area contributed by atoms with Crippen LogP contribution in [0.5, 0.6) is 0 Å². The molecule has 132 valence electrons. The molecular formula is C20H21N5O. The van der Waals surface area contributed by atoms with Gasteiger partial charge in [-0.1, -0.05) is 42.5 Å². The van der Waals surface area contributed by atoms with Gasteiger partial charge in [-0.15, -0.1) is 0 Å². The molecular weight excluding hydrogens is 326 g/mol. The molecule has 2 heterocycles. The third kappa shape index (κ3) is 3.44. The number of nitrogens with zero attached hydrogens (tertiary/aromatic N) is 4. The Morgan fingerprint density at radius 3 is 2.46 bits per heavy atom. The number of piperazine rings is 1. The quantitative estimate of drug-likeness (QED) is 0.791. The Hall–Kier alpha value is -3.15. The molecule has 0 spiro atoms. The number of rotatable bonds is 3. The first kappa shape index (κ1) is 16.3. The predicted molar refractivity (Wildman–Crippen MR) is 102 cm³/mol. The van der Waals surface area contributed by atoms with E-state index in [-0.39, 0.29) is 6.03 Å². The highest BCUT2D eigenvalue weighted by molar-refractivity contribution is 5.89. The lowest BCUT2D eigenvalue weighted by Gasteiger charge is -2.35. The van der Waals surface area contributed by atoms with E-state index >= 15 is 0 Å². The molecule has 1 aromatic heterocycles. The maximum atomic E-state index is 12.4. The van der Waals surface area contributed by atoms with E-state index in [1.165, 1.54) is 0 Å². The molecule has 0 bridgehead atoms. The fraction of sp³-hybridized carbons (Fsp3) is 0.250. The van der Waals surface area contributed by atoms with E-state index < -0.39 is 0 Å². The van der Waals surface area contributed by atoms with Crippen LogP contribution in [0.4, 0.5) is 10.6 Å². The zero-order chi connectivity index (χ0) is 17.8. The van der Waals surface area contributed by atoms with E-state index in [9.17, 15) is 4.79 Å². The molecule has 0 radical (unpaired) electrons. The number of nitrogens with one attached hydrogen (secondary N) is 1. The summed E-state index contributed by atoms with van der Waals surface area (Å²) in [6.07, 6.45) is 1.61. The van der Waals surface area contributed by atoms with Gasteiger partial charge in [0.1, 0.15) is 12.1 Å². The summed E-state index contributed by atoms with van der Waals surface area (Å²) in [4.78, 5) is 25.3. The second-order valence-corrected chi connectivity index (χ2v) is 6.33. The van der Waals surface area contributed by atoms with Gasteiger partial charge in [-0.25, -0.2) is 14.8 Å².